The van der Waals surface area contributed by atoms with Crippen molar-refractivity contribution >= 4 is 44.3 Å². The van der Waals surface area contributed by atoms with Crippen LogP contribution in [0.1, 0.15) is 0 Å². The zero-order valence-electron chi connectivity index (χ0n) is 10.0. The summed E-state index contributed by atoms with van der Waals surface area (Å²) in [5.41, 5.74) is 7.58. The van der Waals surface area contributed by atoms with E-state index in [1.165, 1.54) is 18.1 Å². The molecular weight excluding hydrogens is 326 g/mol. The quantitative estimate of drug-likeness (QED) is 0.729. The predicted molar refractivity (Wildman–Crippen MR) is 79.0 cm³/mol. The van der Waals surface area contributed by atoms with Crippen LogP contribution in [0, 0.1) is 0 Å². The summed E-state index contributed by atoms with van der Waals surface area (Å²) < 4.78 is 2.64. The van der Waals surface area contributed by atoms with Gasteiger partial charge in [-0.1, -0.05) is 0 Å². The first kappa shape index (κ1) is 12.4. The van der Waals surface area contributed by atoms with Gasteiger partial charge in [0.05, 0.1) is 5.52 Å². The molecule has 0 fully saturated rings. The van der Waals surface area contributed by atoms with E-state index in [0.717, 1.165) is 25.4 Å². The van der Waals surface area contributed by atoms with Crippen LogP contribution in [0.3, 0.4) is 0 Å². The van der Waals surface area contributed by atoms with Crippen molar-refractivity contribution in [2.24, 2.45) is 7.05 Å². The second kappa shape index (κ2) is 4.82. The molecule has 0 spiro atoms. The summed E-state index contributed by atoms with van der Waals surface area (Å²) in [6, 6.07) is 5.81. The SMILES string of the molecule is Cn1ncnc1Sc1ccc(N)c2cc(Br)cnc12. The van der Waals surface area contributed by atoms with Crippen molar-refractivity contribution in [2.75, 3.05) is 5.73 Å². The number of hydrogen-bond acceptors (Lipinski definition) is 5. The maximum absolute atomic E-state index is 5.99. The molecule has 5 nitrogen and oxygen atoms in total. The minimum atomic E-state index is 0.714. The Morgan fingerprint density at radius 1 is 1.32 bits per heavy atom. The first-order valence-corrected chi connectivity index (χ1v) is 7.11. The number of hydrogen-bond donors (Lipinski definition) is 1. The number of benzene rings is 1. The number of pyridine rings is 1. The second-order valence-electron chi connectivity index (χ2n) is 3.97. The maximum Gasteiger partial charge on any atom is 0.190 e. The molecule has 0 aliphatic heterocycles. The van der Waals surface area contributed by atoms with E-state index in [4.69, 9.17) is 5.73 Å². The van der Waals surface area contributed by atoms with Gasteiger partial charge in [-0.25, -0.2) is 9.67 Å². The summed E-state index contributed by atoms with van der Waals surface area (Å²) in [6.45, 7) is 0. The van der Waals surface area contributed by atoms with Crippen molar-refractivity contribution in [1.82, 2.24) is 19.7 Å². The largest absolute Gasteiger partial charge is 0.398 e. The monoisotopic (exact) mass is 335 g/mol. The summed E-state index contributed by atoms with van der Waals surface area (Å²) in [6.07, 6.45) is 3.30. The molecule has 0 aliphatic rings. The summed E-state index contributed by atoms with van der Waals surface area (Å²) in [5.74, 6) is 0. The first-order chi connectivity index (χ1) is 9.15. The first-order valence-electron chi connectivity index (χ1n) is 5.51. The second-order valence-corrected chi connectivity index (χ2v) is 5.90. The number of nitrogen functional groups attached to an aromatic ring is 1. The average molecular weight is 336 g/mol. The fourth-order valence-corrected chi connectivity index (χ4v) is 2.95. The predicted octanol–water partition coefficient (Wildman–Crippen LogP) is 2.86. The lowest BCUT2D eigenvalue weighted by Gasteiger charge is -2.07. The fraction of sp³-hybridized carbons (Fsp3) is 0.0833. The van der Waals surface area contributed by atoms with Crippen LogP contribution in [0.4, 0.5) is 5.69 Å². The number of aryl methyl sites for hydroxylation is 1. The lowest BCUT2D eigenvalue weighted by atomic mass is 10.2. The molecule has 1 aromatic carbocycles. The number of nitrogens with two attached hydrogens (primary N) is 1. The average Bonchev–Trinajstić information content (AvgIpc) is 2.79. The summed E-state index contributed by atoms with van der Waals surface area (Å²) in [5, 5.41) is 5.80. The number of halogens is 1. The number of rotatable bonds is 2. The number of fused-ring (bicyclic) bond motifs is 1. The normalized spacial score (nSPS) is 11.1. The maximum atomic E-state index is 5.99. The van der Waals surface area contributed by atoms with Crippen molar-refractivity contribution in [1.29, 1.82) is 0 Å². The van der Waals surface area contributed by atoms with Gasteiger partial charge in [0.1, 0.15) is 6.33 Å². The van der Waals surface area contributed by atoms with Crippen LogP contribution in [0.15, 0.2) is 45.2 Å². The Balaban J connectivity index is 2.14. The Morgan fingerprint density at radius 2 is 2.16 bits per heavy atom. The van der Waals surface area contributed by atoms with E-state index in [9.17, 15) is 0 Å². The van der Waals surface area contributed by atoms with Crippen molar-refractivity contribution in [3.05, 3.63) is 35.2 Å². The van der Waals surface area contributed by atoms with Gasteiger partial charge in [-0.15, -0.1) is 0 Å². The topological polar surface area (TPSA) is 69.6 Å². The van der Waals surface area contributed by atoms with Gasteiger partial charge in [-0.05, 0) is 45.9 Å². The zero-order valence-corrected chi connectivity index (χ0v) is 12.4. The minimum absolute atomic E-state index is 0.714. The lowest BCUT2D eigenvalue weighted by molar-refractivity contribution is 0.685. The van der Waals surface area contributed by atoms with E-state index in [-0.39, 0.29) is 0 Å². The lowest BCUT2D eigenvalue weighted by Crippen LogP contribution is -1.94. The zero-order chi connectivity index (χ0) is 13.4. The van der Waals surface area contributed by atoms with Gasteiger partial charge in [0.15, 0.2) is 5.16 Å². The van der Waals surface area contributed by atoms with E-state index < -0.39 is 0 Å². The molecular formula is C12H10BrN5S. The number of nitrogens with zero attached hydrogens (tertiary/aromatic N) is 4. The van der Waals surface area contributed by atoms with Crippen LogP contribution in [0.25, 0.3) is 10.9 Å². The molecule has 0 saturated heterocycles. The van der Waals surface area contributed by atoms with Gasteiger partial charge in [0.2, 0.25) is 0 Å². The summed E-state index contributed by atoms with van der Waals surface area (Å²) in [7, 11) is 1.86. The molecule has 19 heavy (non-hydrogen) atoms. The van der Waals surface area contributed by atoms with Crippen molar-refractivity contribution in [3.63, 3.8) is 0 Å². The summed E-state index contributed by atoms with van der Waals surface area (Å²) in [4.78, 5) is 9.66. The Labute approximate surface area is 122 Å². The third-order valence-corrected chi connectivity index (χ3v) is 4.22. The van der Waals surface area contributed by atoms with Gasteiger partial charge in [0.25, 0.3) is 0 Å². The summed E-state index contributed by atoms with van der Waals surface area (Å²) >= 11 is 4.93. The fourth-order valence-electron chi connectivity index (χ4n) is 1.75. The standard InChI is InChI=1S/C12H10BrN5S/c1-18-12(16-6-17-18)19-10-3-2-9(14)8-4-7(13)5-15-11(8)10/h2-6H,14H2,1H3. The molecule has 2 heterocycles. The molecule has 96 valence electrons. The van der Waals surface area contributed by atoms with E-state index in [1.54, 1.807) is 10.9 Å². The molecule has 2 aromatic heterocycles. The molecule has 3 rings (SSSR count). The number of aromatic nitrogens is 4. The van der Waals surface area contributed by atoms with Gasteiger partial charge in [-0.3, -0.25) is 4.98 Å². The Hall–Kier alpha value is -1.60. The van der Waals surface area contributed by atoms with E-state index >= 15 is 0 Å². The molecule has 0 aliphatic carbocycles. The van der Waals surface area contributed by atoms with Crippen molar-refractivity contribution in [3.8, 4) is 0 Å². The Bertz CT molecular complexity index is 755. The van der Waals surface area contributed by atoms with E-state index in [0.29, 0.717) is 5.69 Å². The molecule has 3 aromatic rings. The number of anilines is 1. The van der Waals surface area contributed by atoms with E-state index in [2.05, 4.69) is 31.0 Å². The highest BCUT2D eigenvalue weighted by molar-refractivity contribution is 9.10. The van der Waals surface area contributed by atoms with Gasteiger partial charge < -0.3 is 5.73 Å². The van der Waals surface area contributed by atoms with Crippen LogP contribution < -0.4 is 5.73 Å². The van der Waals surface area contributed by atoms with Gasteiger partial charge >= 0.3 is 0 Å². The third-order valence-electron chi connectivity index (χ3n) is 2.68. The smallest absolute Gasteiger partial charge is 0.190 e. The van der Waals surface area contributed by atoms with Crippen molar-refractivity contribution in [2.45, 2.75) is 10.1 Å². The highest BCUT2D eigenvalue weighted by Gasteiger charge is 2.10. The van der Waals surface area contributed by atoms with Crippen LogP contribution in [-0.4, -0.2) is 19.7 Å². The molecule has 0 atom stereocenters. The highest BCUT2D eigenvalue weighted by atomic mass is 79.9. The Morgan fingerprint density at radius 3 is 2.89 bits per heavy atom. The van der Waals surface area contributed by atoms with Crippen LogP contribution in [-0.2, 0) is 7.05 Å². The molecule has 2 N–H and O–H groups in total. The molecule has 0 amide bonds. The Kier molecular flexibility index (Phi) is 3.16. The highest BCUT2D eigenvalue weighted by Crippen LogP contribution is 2.34. The van der Waals surface area contributed by atoms with Crippen molar-refractivity contribution < 1.29 is 0 Å². The van der Waals surface area contributed by atoms with E-state index in [1.807, 2.05) is 25.2 Å². The van der Waals surface area contributed by atoms with Gasteiger partial charge in [0, 0.05) is 33.7 Å². The minimum Gasteiger partial charge on any atom is -0.398 e. The molecule has 0 bridgehead atoms. The van der Waals surface area contributed by atoms with Crippen LogP contribution >= 0.6 is 27.7 Å². The van der Waals surface area contributed by atoms with Gasteiger partial charge in [-0.2, -0.15) is 5.10 Å². The molecule has 0 unspecified atom stereocenters. The third kappa shape index (κ3) is 2.31. The molecule has 0 radical (unpaired) electrons. The van der Waals surface area contributed by atoms with Crippen LogP contribution in [0.5, 0.6) is 0 Å². The van der Waals surface area contributed by atoms with Crippen LogP contribution in [0.2, 0.25) is 0 Å². The molecule has 7 heteroatoms. The molecule has 0 saturated carbocycles.